The fourth-order valence-electron chi connectivity index (χ4n) is 1.16. The van der Waals surface area contributed by atoms with Crippen molar-refractivity contribution in [2.24, 2.45) is 0 Å². The summed E-state index contributed by atoms with van der Waals surface area (Å²) in [4.78, 5) is 1.85. The molecule has 0 bridgehead atoms. The molecule has 0 aliphatic rings. The third-order valence-electron chi connectivity index (χ3n) is 1.92. The molecule has 0 spiro atoms. The molecule has 82 valence electrons. The zero-order valence-electron chi connectivity index (χ0n) is 8.30. The lowest BCUT2D eigenvalue weighted by Gasteiger charge is -2.07. The van der Waals surface area contributed by atoms with Crippen LogP contribution in [0.5, 0.6) is 0 Å². The van der Waals surface area contributed by atoms with Crippen LogP contribution in [0.25, 0.3) is 0 Å². The van der Waals surface area contributed by atoms with Crippen LogP contribution in [0, 0.1) is 0 Å². The van der Waals surface area contributed by atoms with Gasteiger partial charge in [-0.1, -0.05) is 34.1 Å². The first-order valence-electron chi connectivity index (χ1n) is 4.66. The Morgan fingerprint density at radius 3 is 2.19 bits per heavy atom. The second kappa shape index (κ2) is 5.77. The molecule has 0 saturated carbocycles. The van der Waals surface area contributed by atoms with E-state index in [9.17, 15) is 4.55 Å². The van der Waals surface area contributed by atoms with E-state index in [1.54, 1.807) is 0 Å². The summed E-state index contributed by atoms with van der Waals surface area (Å²) >= 11 is 3.36. The summed E-state index contributed by atoms with van der Waals surface area (Å²) < 4.78 is 13.0. The van der Waals surface area contributed by atoms with Crippen molar-refractivity contribution in [1.82, 2.24) is 0 Å². The number of rotatable bonds is 3. The molecule has 2 aromatic carbocycles. The van der Waals surface area contributed by atoms with Crippen molar-refractivity contribution < 1.29 is 4.55 Å². The topological polar surface area (TPSA) is 23.1 Å². The molecule has 0 saturated heterocycles. The molecule has 1 nitrogen and oxygen atoms in total. The smallest absolute Gasteiger partial charge is 0.166 e. The van der Waals surface area contributed by atoms with Crippen molar-refractivity contribution in [2.75, 3.05) is 0 Å². The van der Waals surface area contributed by atoms with E-state index in [2.05, 4.69) is 15.9 Å². The highest BCUT2D eigenvalue weighted by molar-refractivity contribution is 9.10. The fourth-order valence-corrected chi connectivity index (χ4v) is 3.80. The summed E-state index contributed by atoms with van der Waals surface area (Å²) in [6.45, 7) is 0. The van der Waals surface area contributed by atoms with E-state index in [-0.39, 0.29) is 0 Å². The SMILES string of the molecule is [O-][S+](Sc1ccccc1)c1ccc(Br)cc1. The molecule has 0 aromatic heterocycles. The van der Waals surface area contributed by atoms with Gasteiger partial charge in [0.25, 0.3) is 0 Å². The standard InChI is InChI=1S/C12H9BrOS2/c13-10-6-8-12(9-7-10)16(14)15-11-4-2-1-3-5-11/h1-9H. The van der Waals surface area contributed by atoms with Gasteiger partial charge in [-0.05, 0) is 36.4 Å². The van der Waals surface area contributed by atoms with Crippen LogP contribution in [-0.4, -0.2) is 4.55 Å². The maximum Gasteiger partial charge on any atom is 0.166 e. The first-order valence-corrected chi connectivity index (χ1v) is 7.94. The maximum absolute atomic E-state index is 12.0. The van der Waals surface area contributed by atoms with Crippen LogP contribution >= 0.6 is 26.7 Å². The molecule has 0 fully saturated rings. The molecule has 0 aliphatic heterocycles. The third kappa shape index (κ3) is 3.28. The first kappa shape index (κ1) is 12.0. The van der Waals surface area contributed by atoms with Crippen LogP contribution in [-0.2, 0) is 10.2 Å². The summed E-state index contributed by atoms with van der Waals surface area (Å²) in [5.41, 5.74) is 0. The zero-order chi connectivity index (χ0) is 11.4. The molecule has 0 heterocycles. The first-order chi connectivity index (χ1) is 7.75. The van der Waals surface area contributed by atoms with E-state index < -0.39 is 10.2 Å². The Morgan fingerprint density at radius 1 is 0.938 bits per heavy atom. The van der Waals surface area contributed by atoms with Gasteiger partial charge in [-0.3, -0.25) is 0 Å². The highest BCUT2D eigenvalue weighted by Gasteiger charge is 2.13. The predicted octanol–water partition coefficient (Wildman–Crippen LogP) is 4.26. The summed E-state index contributed by atoms with van der Waals surface area (Å²) in [6, 6.07) is 17.3. The fraction of sp³-hybridized carbons (Fsp3) is 0. The molecular weight excluding hydrogens is 304 g/mol. The van der Waals surface area contributed by atoms with E-state index in [0.717, 1.165) is 14.3 Å². The maximum atomic E-state index is 12.0. The van der Waals surface area contributed by atoms with E-state index in [1.165, 1.54) is 10.8 Å². The second-order valence-electron chi connectivity index (χ2n) is 3.09. The normalized spacial score (nSPS) is 12.4. The van der Waals surface area contributed by atoms with Gasteiger partial charge in [0.05, 0.1) is 15.1 Å². The van der Waals surface area contributed by atoms with E-state index in [0.29, 0.717) is 0 Å². The molecule has 1 atom stereocenters. The molecule has 0 N–H and O–H groups in total. The van der Waals surface area contributed by atoms with Crippen molar-refractivity contribution in [3.63, 3.8) is 0 Å². The lowest BCUT2D eigenvalue weighted by Crippen LogP contribution is -1.94. The minimum Gasteiger partial charge on any atom is -0.600 e. The summed E-state index contributed by atoms with van der Waals surface area (Å²) in [5.74, 6) is 0. The highest BCUT2D eigenvalue weighted by Crippen LogP contribution is 2.30. The quantitative estimate of drug-likeness (QED) is 0.624. The zero-order valence-corrected chi connectivity index (χ0v) is 11.5. The molecule has 0 aliphatic carbocycles. The van der Waals surface area contributed by atoms with E-state index in [4.69, 9.17) is 0 Å². The van der Waals surface area contributed by atoms with Gasteiger partial charge >= 0.3 is 0 Å². The van der Waals surface area contributed by atoms with Crippen molar-refractivity contribution in [3.05, 3.63) is 59.1 Å². The highest BCUT2D eigenvalue weighted by atomic mass is 79.9. The average Bonchev–Trinajstić information content (AvgIpc) is 2.31. The summed E-state index contributed by atoms with van der Waals surface area (Å²) in [5, 5.41) is 0. The second-order valence-corrected chi connectivity index (χ2v) is 6.99. The van der Waals surface area contributed by atoms with Crippen LogP contribution in [0.3, 0.4) is 0 Å². The Kier molecular flexibility index (Phi) is 4.35. The molecule has 16 heavy (non-hydrogen) atoms. The van der Waals surface area contributed by atoms with Gasteiger partial charge in [-0.15, -0.1) is 0 Å². The number of benzene rings is 2. The number of hydrogen-bond donors (Lipinski definition) is 0. The lowest BCUT2D eigenvalue weighted by atomic mass is 10.4. The van der Waals surface area contributed by atoms with E-state index >= 15 is 0 Å². The van der Waals surface area contributed by atoms with Gasteiger partial charge in [-0.2, -0.15) is 0 Å². The Labute approximate surface area is 110 Å². The van der Waals surface area contributed by atoms with Crippen molar-refractivity contribution >= 4 is 36.9 Å². The van der Waals surface area contributed by atoms with Crippen molar-refractivity contribution in [3.8, 4) is 0 Å². The molecule has 0 amide bonds. The minimum absolute atomic E-state index is 0.831. The van der Waals surface area contributed by atoms with Gasteiger partial charge in [0.2, 0.25) is 0 Å². The number of hydrogen-bond acceptors (Lipinski definition) is 2. The van der Waals surface area contributed by atoms with Gasteiger partial charge in [0.15, 0.2) is 4.90 Å². The van der Waals surface area contributed by atoms with Crippen molar-refractivity contribution in [2.45, 2.75) is 9.79 Å². The van der Waals surface area contributed by atoms with Gasteiger partial charge < -0.3 is 4.55 Å². The molecule has 4 heteroatoms. The Bertz CT molecular complexity index is 444. The average molecular weight is 313 g/mol. The predicted molar refractivity (Wildman–Crippen MR) is 72.8 cm³/mol. The van der Waals surface area contributed by atoms with Gasteiger partial charge in [-0.25, -0.2) is 0 Å². The Morgan fingerprint density at radius 2 is 1.56 bits per heavy atom. The number of halogens is 1. The van der Waals surface area contributed by atoms with E-state index in [1.807, 2.05) is 54.6 Å². The van der Waals surface area contributed by atoms with Crippen LogP contribution < -0.4 is 0 Å². The van der Waals surface area contributed by atoms with Crippen LogP contribution in [0.1, 0.15) is 0 Å². The minimum atomic E-state index is -1.05. The molecule has 2 aromatic rings. The summed E-state index contributed by atoms with van der Waals surface area (Å²) in [6.07, 6.45) is 0. The lowest BCUT2D eigenvalue weighted by molar-refractivity contribution is 0.609. The molecule has 0 radical (unpaired) electrons. The van der Waals surface area contributed by atoms with Gasteiger partial charge in [0, 0.05) is 4.47 Å². The van der Waals surface area contributed by atoms with Crippen LogP contribution in [0.15, 0.2) is 68.9 Å². The largest absolute Gasteiger partial charge is 0.600 e. The summed E-state index contributed by atoms with van der Waals surface area (Å²) in [7, 11) is 0.313. The third-order valence-corrected chi connectivity index (χ3v) is 5.33. The Balaban J connectivity index is 2.09. The monoisotopic (exact) mass is 312 g/mol. The molecular formula is C12H9BrOS2. The Hall–Kier alpha value is -0.420. The van der Waals surface area contributed by atoms with Gasteiger partial charge in [0.1, 0.15) is 10.8 Å². The molecule has 1 unspecified atom stereocenters. The van der Waals surface area contributed by atoms with Crippen LogP contribution in [0.2, 0.25) is 0 Å². The molecule has 2 rings (SSSR count). The van der Waals surface area contributed by atoms with Crippen LogP contribution in [0.4, 0.5) is 0 Å². The van der Waals surface area contributed by atoms with Crippen molar-refractivity contribution in [1.29, 1.82) is 0 Å².